The Morgan fingerprint density at radius 1 is 1.15 bits per heavy atom. The van der Waals surface area contributed by atoms with Crippen LogP contribution in [0.15, 0.2) is 30.3 Å². The van der Waals surface area contributed by atoms with Gasteiger partial charge in [0.2, 0.25) is 0 Å². The summed E-state index contributed by atoms with van der Waals surface area (Å²) in [6, 6.07) is 8.46. The third kappa shape index (κ3) is 4.51. The van der Waals surface area contributed by atoms with Crippen molar-refractivity contribution in [1.29, 1.82) is 0 Å². The summed E-state index contributed by atoms with van der Waals surface area (Å²) in [6.07, 6.45) is 0. The van der Waals surface area contributed by atoms with Gasteiger partial charge >= 0.3 is 0 Å². The van der Waals surface area contributed by atoms with E-state index in [0.717, 1.165) is 34.0 Å². The van der Waals surface area contributed by atoms with E-state index in [1.54, 1.807) is 12.1 Å². The Hall–Kier alpha value is -2.74. The maximum Gasteiger partial charge on any atom is 0.171 e. The van der Waals surface area contributed by atoms with Gasteiger partial charge < -0.3 is 10.6 Å². The van der Waals surface area contributed by atoms with Crippen molar-refractivity contribution in [3.05, 3.63) is 64.5 Å². The number of hydrogen-bond acceptors (Lipinski definition) is 3. The van der Waals surface area contributed by atoms with Gasteiger partial charge in [0, 0.05) is 12.7 Å². The minimum absolute atomic E-state index is 0.242. The maximum atomic E-state index is 13.1. The summed E-state index contributed by atoms with van der Waals surface area (Å²) in [4.78, 5) is 0. The molecule has 8 heteroatoms. The lowest BCUT2D eigenvalue weighted by Gasteiger charge is -2.10. The minimum atomic E-state index is -0.242. The number of halogens is 1. The molecule has 0 radical (unpaired) electrons. The molecule has 3 rings (SSSR count). The zero-order valence-corrected chi connectivity index (χ0v) is 16.7. The van der Waals surface area contributed by atoms with Crippen molar-refractivity contribution < 1.29 is 4.39 Å². The standard InChI is InChI=1S/C19H23FN6S/c1-12-9-17(24-25(12)4)10-21-19(27)22-18-13(2)23-26(14(18)3)11-15-5-7-16(20)8-6-15/h5-9H,10-11H2,1-4H3,(H2,21,22,27). The quantitative estimate of drug-likeness (QED) is 0.660. The van der Waals surface area contributed by atoms with Crippen LogP contribution in [0.25, 0.3) is 0 Å². The molecule has 0 bridgehead atoms. The second-order valence-electron chi connectivity index (χ2n) is 6.54. The molecule has 0 amide bonds. The summed E-state index contributed by atoms with van der Waals surface area (Å²) in [5.41, 5.74) is 5.72. The molecule has 142 valence electrons. The summed E-state index contributed by atoms with van der Waals surface area (Å²) < 4.78 is 16.8. The third-order valence-corrected chi connectivity index (χ3v) is 4.71. The summed E-state index contributed by atoms with van der Waals surface area (Å²) >= 11 is 5.41. The molecule has 6 nitrogen and oxygen atoms in total. The van der Waals surface area contributed by atoms with Crippen LogP contribution in [0.4, 0.5) is 10.1 Å². The van der Waals surface area contributed by atoms with E-state index in [9.17, 15) is 4.39 Å². The first kappa shape index (κ1) is 19.0. The fourth-order valence-corrected chi connectivity index (χ4v) is 3.02. The Labute approximate surface area is 163 Å². The largest absolute Gasteiger partial charge is 0.357 e. The highest BCUT2D eigenvalue weighted by Gasteiger charge is 2.13. The van der Waals surface area contributed by atoms with E-state index in [0.29, 0.717) is 18.2 Å². The van der Waals surface area contributed by atoms with Crippen molar-refractivity contribution in [1.82, 2.24) is 24.9 Å². The summed E-state index contributed by atoms with van der Waals surface area (Å²) in [6.45, 7) is 7.05. The molecule has 0 saturated heterocycles. The SMILES string of the molecule is Cc1nn(Cc2ccc(F)cc2)c(C)c1NC(=S)NCc1cc(C)n(C)n1. The number of aryl methyl sites for hydroxylation is 3. The Kier molecular flexibility index (Phi) is 5.55. The Morgan fingerprint density at radius 2 is 1.85 bits per heavy atom. The van der Waals surface area contributed by atoms with Gasteiger partial charge in [-0.15, -0.1) is 0 Å². The van der Waals surface area contributed by atoms with E-state index in [1.807, 2.05) is 43.2 Å². The van der Waals surface area contributed by atoms with Crippen molar-refractivity contribution in [3.8, 4) is 0 Å². The predicted octanol–water partition coefficient (Wildman–Crippen LogP) is 3.22. The fourth-order valence-electron chi connectivity index (χ4n) is 2.84. The molecule has 2 heterocycles. The van der Waals surface area contributed by atoms with Gasteiger partial charge in [0.1, 0.15) is 5.82 Å². The average Bonchev–Trinajstić information content (AvgIpc) is 3.08. The van der Waals surface area contributed by atoms with Crippen LogP contribution in [0.5, 0.6) is 0 Å². The van der Waals surface area contributed by atoms with Gasteiger partial charge in [0.05, 0.1) is 35.9 Å². The number of nitrogens with zero attached hydrogens (tertiary/aromatic N) is 4. The normalized spacial score (nSPS) is 10.9. The lowest BCUT2D eigenvalue weighted by molar-refractivity contribution is 0.622. The molecule has 0 aliphatic carbocycles. The number of aromatic nitrogens is 4. The minimum Gasteiger partial charge on any atom is -0.357 e. The average molecular weight is 387 g/mol. The first-order valence-corrected chi connectivity index (χ1v) is 9.07. The van der Waals surface area contributed by atoms with Crippen LogP contribution in [0.3, 0.4) is 0 Å². The molecule has 0 spiro atoms. The maximum absolute atomic E-state index is 13.1. The van der Waals surface area contributed by atoms with E-state index in [4.69, 9.17) is 12.2 Å². The van der Waals surface area contributed by atoms with E-state index in [1.165, 1.54) is 12.1 Å². The van der Waals surface area contributed by atoms with Gasteiger partial charge in [0.15, 0.2) is 5.11 Å². The van der Waals surface area contributed by atoms with E-state index in [2.05, 4.69) is 20.8 Å². The van der Waals surface area contributed by atoms with E-state index in [-0.39, 0.29) is 5.82 Å². The summed E-state index contributed by atoms with van der Waals surface area (Å²) in [7, 11) is 1.91. The molecule has 27 heavy (non-hydrogen) atoms. The highest BCUT2D eigenvalue weighted by atomic mass is 32.1. The molecule has 1 aromatic carbocycles. The second kappa shape index (κ2) is 7.87. The topological polar surface area (TPSA) is 59.7 Å². The van der Waals surface area contributed by atoms with Crippen molar-refractivity contribution in [2.75, 3.05) is 5.32 Å². The van der Waals surface area contributed by atoms with Gasteiger partial charge in [-0.05, 0) is 56.8 Å². The summed E-state index contributed by atoms with van der Waals surface area (Å²) in [5, 5.41) is 15.9. The first-order valence-electron chi connectivity index (χ1n) is 8.66. The molecular weight excluding hydrogens is 363 g/mol. The molecule has 0 aliphatic heterocycles. The molecule has 0 fully saturated rings. The van der Waals surface area contributed by atoms with Gasteiger partial charge in [0.25, 0.3) is 0 Å². The number of rotatable bonds is 5. The molecule has 0 unspecified atom stereocenters. The van der Waals surface area contributed by atoms with Gasteiger partial charge in [-0.1, -0.05) is 12.1 Å². The Morgan fingerprint density at radius 3 is 2.48 bits per heavy atom. The van der Waals surface area contributed by atoms with Gasteiger partial charge in [-0.25, -0.2) is 4.39 Å². The second-order valence-corrected chi connectivity index (χ2v) is 6.95. The zero-order chi connectivity index (χ0) is 19.6. The van der Waals surface area contributed by atoms with Gasteiger partial charge in [-0.3, -0.25) is 9.36 Å². The first-order chi connectivity index (χ1) is 12.8. The van der Waals surface area contributed by atoms with Crippen molar-refractivity contribution in [3.63, 3.8) is 0 Å². The van der Waals surface area contributed by atoms with Crippen LogP contribution >= 0.6 is 12.2 Å². The monoisotopic (exact) mass is 386 g/mol. The van der Waals surface area contributed by atoms with Gasteiger partial charge in [-0.2, -0.15) is 10.2 Å². The molecular formula is C19H23FN6S. The smallest absolute Gasteiger partial charge is 0.171 e. The third-order valence-electron chi connectivity index (χ3n) is 4.46. The lowest BCUT2D eigenvalue weighted by Crippen LogP contribution is -2.28. The van der Waals surface area contributed by atoms with E-state index >= 15 is 0 Å². The van der Waals surface area contributed by atoms with Crippen molar-refractivity contribution in [2.45, 2.75) is 33.9 Å². The Balaban J connectivity index is 1.65. The molecule has 0 saturated carbocycles. The lowest BCUT2D eigenvalue weighted by atomic mass is 10.2. The molecule has 0 atom stereocenters. The van der Waals surface area contributed by atoms with Crippen LogP contribution in [0, 0.1) is 26.6 Å². The Bertz CT molecular complexity index is 938. The molecule has 2 aromatic heterocycles. The predicted molar refractivity (Wildman–Crippen MR) is 108 cm³/mol. The number of thiocarbonyl (C=S) groups is 1. The van der Waals surface area contributed by atoms with E-state index < -0.39 is 0 Å². The summed E-state index contributed by atoms with van der Waals surface area (Å²) in [5.74, 6) is -0.242. The highest BCUT2D eigenvalue weighted by molar-refractivity contribution is 7.80. The fraction of sp³-hybridized carbons (Fsp3) is 0.316. The molecule has 0 aliphatic rings. The van der Waals surface area contributed by atoms with Crippen LogP contribution in [-0.4, -0.2) is 24.7 Å². The molecule has 3 aromatic rings. The van der Waals surface area contributed by atoms with Crippen LogP contribution < -0.4 is 10.6 Å². The van der Waals surface area contributed by atoms with Crippen LogP contribution in [-0.2, 0) is 20.1 Å². The number of hydrogen-bond donors (Lipinski definition) is 2. The van der Waals surface area contributed by atoms with Crippen molar-refractivity contribution >= 4 is 23.0 Å². The number of benzene rings is 1. The number of anilines is 1. The zero-order valence-electron chi connectivity index (χ0n) is 15.9. The number of nitrogens with one attached hydrogen (secondary N) is 2. The van der Waals surface area contributed by atoms with Crippen LogP contribution in [0.2, 0.25) is 0 Å². The molecule has 2 N–H and O–H groups in total. The van der Waals surface area contributed by atoms with Crippen LogP contribution in [0.1, 0.15) is 28.3 Å². The highest BCUT2D eigenvalue weighted by Crippen LogP contribution is 2.20. The van der Waals surface area contributed by atoms with Crippen molar-refractivity contribution in [2.24, 2.45) is 7.05 Å².